The largest absolute Gasteiger partial charge is 0.355 e. The second-order valence-corrected chi connectivity index (χ2v) is 13.3. The van der Waals surface area contributed by atoms with E-state index in [-0.39, 0.29) is 38.6 Å². The van der Waals surface area contributed by atoms with E-state index in [1.807, 2.05) is 30.3 Å². The molecule has 0 saturated carbocycles. The molecule has 1 unspecified atom stereocenters. The number of halogens is 4. The van der Waals surface area contributed by atoms with Crippen LogP contribution >= 0.6 is 46.4 Å². The quantitative estimate of drug-likeness (QED) is 0.169. The number of hydrogen-bond acceptors (Lipinski definition) is 4. The van der Waals surface area contributed by atoms with E-state index in [9.17, 15) is 18.0 Å². The lowest BCUT2D eigenvalue weighted by molar-refractivity contribution is -0.140. The van der Waals surface area contributed by atoms with Crippen molar-refractivity contribution in [2.45, 2.75) is 30.8 Å². The lowest BCUT2D eigenvalue weighted by atomic mass is 10.0. The van der Waals surface area contributed by atoms with Crippen molar-refractivity contribution in [3.63, 3.8) is 0 Å². The van der Waals surface area contributed by atoms with Crippen molar-refractivity contribution in [3.8, 4) is 0 Å². The maximum absolute atomic E-state index is 14.4. The number of carbonyl (C=O) groups excluding carboxylic acids is 2. The summed E-state index contributed by atoms with van der Waals surface area (Å²) in [7, 11) is -4.27. The fraction of sp³-hybridized carbons (Fsp3) is 0.188. The van der Waals surface area contributed by atoms with E-state index in [1.165, 1.54) is 35.2 Å². The number of nitrogens with one attached hydrogen (secondary N) is 1. The van der Waals surface area contributed by atoms with Crippen LogP contribution in [0.2, 0.25) is 20.1 Å². The van der Waals surface area contributed by atoms with Crippen LogP contribution in [0.3, 0.4) is 0 Å². The SMILES string of the molecule is CCNC(=O)C(Cc1ccccc1)N(Cc1ccc(Cl)c(Cl)c1)C(=O)CN(c1ccc(Cl)c(Cl)c1)S(=O)(=O)c1ccccc1. The molecule has 0 aliphatic carbocycles. The summed E-state index contributed by atoms with van der Waals surface area (Å²) in [6, 6.07) is 25.2. The summed E-state index contributed by atoms with van der Waals surface area (Å²) in [6.45, 7) is 1.42. The molecule has 230 valence electrons. The molecule has 0 saturated heterocycles. The number of hydrogen-bond donors (Lipinski definition) is 1. The molecule has 0 aliphatic rings. The van der Waals surface area contributed by atoms with Gasteiger partial charge in [0, 0.05) is 19.5 Å². The minimum Gasteiger partial charge on any atom is -0.355 e. The van der Waals surface area contributed by atoms with Crippen molar-refractivity contribution < 1.29 is 18.0 Å². The van der Waals surface area contributed by atoms with E-state index in [0.29, 0.717) is 17.1 Å². The highest BCUT2D eigenvalue weighted by molar-refractivity contribution is 7.92. The number of amides is 2. The summed E-state index contributed by atoms with van der Waals surface area (Å²) in [5.41, 5.74) is 1.54. The predicted octanol–water partition coefficient (Wildman–Crippen LogP) is 7.27. The molecule has 0 bridgehead atoms. The van der Waals surface area contributed by atoms with Crippen LogP contribution in [0.25, 0.3) is 0 Å². The van der Waals surface area contributed by atoms with Crippen LogP contribution in [0.1, 0.15) is 18.1 Å². The van der Waals surface area contributed by atoms with Gasteiger partial charge in [-0.1, -0.05) is 101 Å². The van der Waals surface area contributed by atoms with Gasteiger partial charge in [-0.05, 0) is 60.5 Å². The third kappa shape index (κ3) is 8.25. The van der Waals surface area contributed by atoms with E-state index < -0.39 is 34.4 Å². The number of likely N-dealkylation sites (N-methyl/N-ethyl adjacent to an activating group) is 1. The first-order valence-electron chi connectivity index (χ1n) is 13.6. The zero-order chi connectivity index (χ0) is 31.9. The number of sulfonamides is 1. The Morgan fingerprint density at radius 1 is 0.750 bits per heavy atom. The molecule has 0 fully saturated rings. The van der Waals surface area contributed by atoms with Gasteiger partial charge < -0.3 is 10.2 Å². The third-order valence-corrected chi connectivity index (χ3v) is 10.0. The molecule has 2 amide bonds. The van der Waals surface area contributed by atoms with Crippen molar-refractivity contribution in [2.24, 2.45) is 0 Å². The average Bonchev–Trinajstić information content (AvgIpc) is 3.01. The molecular weight excluding hydrogens is 664 g/mol. The van der Waals surface area contributed by atoms with Crippen LogP contribution < -0.4 is 9.62 Å². The maximum atomic E-state index is 14.4. The van der Waals surface area contributed by atoms with Crippen LogP contribution in [0, 0.1) is 0 Å². The van der Waals surface area contributed by atoms with Gasteiger partial charge in [0.2, 0.25) is 11.8 Å². The van der Waals surface area contributed by atoms with Gasteiger partial charge in [0.25, 0.3) is 10.0 Å². The topological polar surface area (TPSA) is 86.8 Å². The molecule has 7 nitrogen and oxygen atoms in total. The van der Waals surface area contributed by atoms with E-state index in [0.717, 1.165) is 9.87 Å². The van der Waals surface area contributed by atoms with Crippen molar-refractivity contribution in [3.05, 3.63) is 128 Å². The summed E-state index contributed by atoms with van der Waals surface area (Å²) in [5.74, 6) is -1.02. The van der Waals surface area contributed by atoms with Gasteiger partial charge in [-0.3, -0.25) is 13.9 Å². The van der Waals surface area contributed by atoms with Gasteiger partial charge in [-0.2, -0.15) is 0 Å². The summed E-state index contributed by atoms with van der Waals surface area (Å²) in [5, 5.41) is 3.76. The van der Waals surface area contributed by atoms with E-state index in [2.05, 4.69) is 5.32 Å². The zero-order valence-electron chi connectivity index (χ0n) is 23.6. The minimum absolute atomic E-state index is 0.0283. The van der Waals surface area contributed by atoms with Gasteiger partial charge in [-0.25, -0.2) is 8.42 Å². The lowest BCUT2D eigenvalue weighted by Crippen LogP contribution is -2.53. The fourth-order valence-electron chi connectivity index (χ4n) is 4.57. The number of benzene rings is 4. The third-order valence-electron chi connectivity index (χ3n) is 6.76. The van der Waals surface area contributed by atoms with E-state index in [4.69, 9.17) is 46.4 Å². The molecule has 4 aromatic rings. The summed E-state index contributed by atoms with van der Waals surface area (Å²) in [6.07, 6.45) is 0.179. The number of nitrogens with zero attached hydrogens (tertiary/aromatic N) is 2. The van der Waals surface area contributed by atoms with Gasteiger partial charge in [0.1, 0.15) is 12.6 Å². The molecule has 0 aliphatic heterocycles. The molecule has 0 radical (unpaired) electrons. The Kier molecular flexibility index (Phi) is 11.6. The minimum atomic E-state index is -4.27. The van der Waals surface area contributed by atoms with Gasteiger partial charge in [-0.15, -0.1) is 0 Å². The summed E-state index contributed by atoms with van der Waals surface area (Å²) >= 11 is 24.8. The van der Waals surface area contributed by atoms with Gasteiger partial charge >= 0.3 is 0 Å². The van der Waals surface area contributed by atoms with Crippen LogP contribution in [0.5, 0.6) is 0 Å². The van der Waals surface area contributed by atoms with Crippen LogP contribution in [-0.4, -0.2) is 44.3 Å². The molecule has 0 spiro atoms. The Hall–Kier alpha value is -3.27. The molecule has 0 aromatic heterocycles. The highest BCUT2D eigenvalue weighted by Crippen LogP contribution is 2.31. The van der Waals surface area contributed by atoms with Crippen molar-refractivity contribution >= 4 is 73.9 Å². The Morgan fingerprint density at radius 3 is 1.93 bits per heavy atom. The average molecular weight is 693 g/mol. The molecular formula is C32H29Cl4N3O4S. The Labute approximate surface area is 277 Å². The first-order chi connectivity index (χ1) is 21.0. The normalized spacial score (nSPS) is 11.9. The monoisotopic (exact) mass is 691 g/mol. The molecule has 4 aromatic carbocycles. The van der Waals surface area contributed by atoms with Crippen molar-refractivity contribution in [2.75, 3.05) is 17.4 Å². The molecule has 4 rings (SSSR count). The second-order valence-electron chi connectivity index (χ2n) is 9.79. The van der Waals surface area contributed by atoms with Crippen molar-refractivity contribution in [1.29, 1.82) is 0 Å². The second kappa shape index (κ2) is 15.1. The number of carbonyl (C=O) groups is 2. The van der Waals surface area contributed by atoms with E-state index >= 15 is 0 Å². The van der Waals surface area contributed by atoms with Crippen LogP contribution in [0.4, 0.5) is 5.69 Å². The number of rotatable bonds is 12. The highest BCUT2D eigenvalue weighted by Gasteiger charge is 2.34. The first-order valence-corrected chi connectivity index (χ1v) is 16.5. The fourth-order valence-corrected chi connectivity index (χ4v) is 6.61. The zero-order valence-corrected chi connectivity index (χ0v) is 27.4. The van der Waals surface area contributed by atoms with E-state index in [1.54, 1.807) is 43.3 Å². The number of anilines is 1. The molecule has 12 heteroatoms. The molecule has 1 atom stereocenters. The van der Waals surface area contributed by atoms with Crippen LogP contribution in [0.15, 0.2) is 102 Å². The summed E-state index contributed by atoms with van der Waals surface area (Å²) < 4.78 is 28.9. The molecule has 1 N–H and O–H groups in total. The maximum Gasteiger partial charge on any atom is 0.264 e. The summed E-state index contributed by atoms with van der Waals surface area (Å²) in [4.78, 5) is 29.3. The Bertz CT molecular complexity index is 1720. The first kappa shape index (κ1) is 33.6. The molecule has 0 heterocycles. The highest BCUT2D eigenvalue weighted by atomic mass is 35.5. The Morgan fingerprint density at radius 2 is 1.34 bits per heavy atom. The van der Waals surface area contributed by atoms with Crippen LogP contribution in [-0.2, 0) is 32.6 Å². The van der Waals surface area contributed by atoms with Gasteiger partial charge in [0.05, 0.1) is 30.7 Å². The Balaban J connectivity index is 1.82. The van der Waals surface area contributed by atoms with Crippen molar-refractivity contribution in [1.82, 2.24) is 10.2 Å². The lowest BCUT2D eigenvalue weighted by Gasteiger charge is -2.34. The smallest absolute Gasteiger partial charge is 0.264 e. The standard InChI is InChI=1S/C32H29Cl4N3O4S/c1-2-37-32(41)30(18-22-9-5-3-6-10-22)38(20-23-13-15-26(33)28(35)17-23)31(40)21-39(24-14-16-27(34)29(36)19-24)44(42,43)25-11-7-4-8-12-25/h3-17,19,30H,2,18,20-21H2,1H3,(H,37,41). The van der Waals surface area contributed by atoms with Gasteiger partial charge in [0.15, 0.2) is 0 Å². The predicted molar refractivity (Wildman–Crippen MR) is 177 cm³/mol. The molecule has 44 heavy (non-hydrogen) atoms.